The Morgan fingerprint density at radius 3 is 2.25 bits per heavy atom. The van der Waals surface area contributed by atoms with E-state index in [1.165, 1.54) is 0 Å². The summed E-state index contributed by atoms with van der Waals surface area (Å²) in [5.74, 6) is 1.37. The van der Waals surface area contributed by atoms with Crippen molar-refractivity contribution in [3.8, 4) is 11.5 Å². The average Bonchev–Trinajstić information content (AvgIpc) is 2.81. The van der Waals surface area contributed by atoms with E-state index in [1.807, 2.05) is 69.3 Å². The van der Waals surface area contributed by atoms with Gasteiger partial charge in [-0.3, -0.25) is 9.59 Å². The van der Waals surface area contributed by atoms with Crippen molar-refractivity contribution in [3.05, 3.63) is 59.7 Å². The zero-order valence-electron chi connectivity index (χ0n) is 19.7. The molecule has 0 aliphatic carbocycles. The molecule has 0 radical (unpaired) electrons. The fourth-order valence-electron chi connectivity index (χ4n) is 3.40. The van der Waals surface area contributed by atoms with Gasteiger partial charge in [0.15, 0.2) is 0 Å². The number of nitrogens with one attached hydrogen (secondary N) is 1. The summed E-state index contributed by atoms with van der Waals surface area (Å²) in [7, 11) is 1.62. The molecule has 0 bridgehead atoms. The zero-order chi connectivity index (χ0) is 23.3. The van der Waals surface area contributed by atoms with Crippen molar-refractivity contribution in [2.24, 2.45) is 0 Å². The van der Waals surface area contributed by atoms with Crippen LogP contribution in [0.3, 0.4) is 0 Å². The van der Waals surface area contributed by atoms with Gasteiger partial charge in [0.25, 0.3) is 0 Å². The molecule has 6 heteroatoms. The lowest BCUT2D eigenvalue weighted by atomic mass is 10.1. The predicted octanol–water partition coefficient (Wildman–Crippen LogP) is 4.50. The third-order valence-corrected chi connectivity index (χ3v) is 5.27. The summed E-state index contributed by atoms with van der Waals surface area (Å²) in [6, 6.07) is 15.0. The van der Waals surface area contributed by atoms with E-state index in [-0.39, 0.29) is 11.8 Å². The molecule has 2 aromatic carbocycles. The van der Waals surface area contributed by atoms with Crippen LogP contribution in [0.1, 0.15) is 50.7 Å². The highest BCUT2D eigenvalue weighted by Gasteiger charge is 2.28. The van der Waals surface area contributed by atoms with Crippen LogP contribution in [0.2, 0.25) is 0 Å². The van der Waals surface area contributed by atoms with Crippen molar-refractivity contribution in [1.29, 1.82) is 0 Å². The molecule has 0 saturated heterocycles. The van der Waals surface area contributed by atoms with E-state index in [0.717, 1.165) is 29.0 Å². The fraction of sp³-hybridized carbons (Fsp3) is 0.462. The molecule has 2 amide bonds. The number of ether oxygens (including phenoxy) is 2. The Morgan fingerprint density at radius 2 is 1.66 bits per heavy atom. The van der Waals surface area contributed by atoms with Gasteiger partial charge in [-0.05, 0) is 56.0 Å². The maximum Gasteiger partial charge on any atom is 0.242 e. The van der Waals surface area contributed by atoms with Gasteiger partial charge in [-0.1, -0.05) is 43.7 Å². The molecule has 2 aromatic rings. The number of nitrogens with zero attached hydrogens (tertiary/aromatic N) is 1. The van der Waals surface area contributed by atoms with E-state index in [2.05, 4.69) is 5.32 Å². The van der Waals surface area contributed by atoms with Crippen LogP contribution in [-0.4, -0.2) is 43.0 Å². The molecule has 1 atom stereocenters. The first-order valence-electron chi connectivity index (χ1n) is 11.4. The largest absolute Gasteiger partial charge is 0.497 e. The van der Waals surface area contributed by atoms with Gasteiger partial charge in [-0.2, -0.15) is 0 Å². The normalized spacial score (nSPS) is 11.5. The minimum atomic E-state index is -0.488. The first-order chi connectivity index (χ1) is 15.5. The summed E-state index contributed by atoms with van der Waals surface area (Å²) >= 11 is 0. The van der Waals surface area contributed by atoms with Crippen molar-refractivity contribution < 1.29 is 19.1 Å². The first kappa shape index (κ1) is 25.2. The van der Waals surface area contributed by atoms with Crippen molar-refractivity contribution in [2.75, 3.05) is 20.3 Å². The quantitative estimate of drug-likeness (QED) is 0.466. The molecule has 174 valence electrons. The minimum Gasteiger partial charge on any atom is -0.497 e. The summed E-state index contributed by atoms with van der Waals surface area (Å²) in [6.45, 7) is 7.43. The summed E-state index contributed by atoms with van der Waals surface area (Å²) in [5, 5.41) is 2.94. The lowest BCUT2D eigenvalue weighted by Gasteiger charge is -2.30. The molecule has 0 unspecified atom stereocenters. The molecule has 0 aliphatic heterocycles. The van der Waals surface area contributed by atoms with E-state index in [9.17, 15) is 9.59 Å². The Labute approximate surface area is 191 Å². The van der Waals surface area contributed by atoms with E-state index >= 15 is 0 Å². The number of hydrogen-bond donors (Lipinski definition) is 1. The lowest BCUT2D eigenvalue weighted by Crippen LogP contribution is -2.49. The van der Waals surface area contributed by atoms with Gasteiger partial charge in [0.2, 0.25) is 11.8 Å². The Hall–Kier alpha value is -3.02. The molecular weight excluding hydrogens is 404 g/mol. The molecule has 6 nitrogen and oxygen atoms in total. The third kappa shape index (κ3) is 7.91. The van der Waals surface area contributed by atoms with Crippen LogP contribution in [0.15, 0.2) is 48.5 Å². The average molecular weight is 441 g/mol. The number of carbonyl (C=O) groups excluding carboxylic acids is 2. The smallest absolute Gasteiger partial charge is 0.242 e. The molecule has 2 rings (SSSR count). The van der Waals surface area contributed by atoms with Crippen LogP contribution in [0, 0.1) is 6.92 Å². The molecule has 0 saturated carbocycles. The second-order valence-electron chi connectivity index (χ2n) is 7.85. The van der Waals surface area contributed by atoms with E-state index < -0.39 is 6.04 Å². The third-order valence-electron chi connectivity index (χ3n) is 5.27. The van der Waals surface area contributed by atoms with Crippen molar-refractivity contribution >= 4 is 11.8 Å². The van der Waals surface area contributed by atoms with Gasteiger partial charge in [-0.25, -0.2) is 0 Å². The number of rotatable bonds is 13. The molecule has 0 spiro atoms. The number of hydrogen-bond acceptors (Lipinski definition) is 4. The van der Waals surface area contributed by atoms with Gasteiger partial charge >= 0.3 is 0 Å². The summed E-state index contributed by atoms with van der Waals surface area (Å²) in [4.78, 5) is 27.6. The number of aryl methyl sites for hydroxylation is 1. The van der Waals surface area contributed by atoms with Crippen LogP contribution < -0.4 is 14.8 Å². The van der Waals surface area contributed by atoms with Crippen LogP contribution in [0.4, 0.5) is 0 Å². The zero-order valence-corrected chi connectivity index (χ0v) is 19.7. The Bertz CT molecular complexity index is 834. The van der Waals surface area contributed by atoms with Gasteiger partial charge < -0.3 is 19.7 Å². The molecule has 0 heterocycles. The summed E-state index contributed by atoms with van der Waals surface area (Å²) in [5.41, 5.74) is 2.18. The maximum absolute atomic E-state index is 13.2. The number of benzene rings is 2. The topological polar surface area (TPSA) is 67.9 Å². The standard InChI is InChI=1S/C26H36N2O4/c1-5-17-27-26(30)24(6-2)28(19-21-11-9-20(3)10-12-21)25(29)8-7-18-32-23-15-13-22(31-4)14-16-23/h9-16,24H,5-8,17-19H2,1-4H3,(H,27,30)/t24-/m1/s1. The van der Waals surface area contributed by atoms with E-state index in [4.69, 9.17) is 9.47 Å². The monoisotopic (exact) mass is 440 g/mol. The molecular formula is C26H36N2O4. The molecule has 32 heavy (non-hydrogen) atoms. The maximum atomic E-state index is 13.2. The highest BCUT2D eigenvalue weighted by atomic mass is 16.5. The van der Waals surface area contributed by atoms with Crippen LogP contribution in [-0.2, 0) is 16.1 Å². The highest BCUT2D eigenvalue weighted by Crippen LogP contribution is 2.18. The van der Waals surface area contributed by atoms with Gasteiger partial charge in [-0.15, -0.1) is 0 Å². The van der Waals surface area contributed by atoms with Gasteiger partial charge in [0.1, 0.15) is 17.5 Å². The predicted molar refractivity (Wildman–Crippen MR) is 127 cm³/mol. The highest BCUT2D eigenvalue weighted by molar-refractivity contribution is 5.87. The van der Waals surface area contributed by atoms with Crippen molar-refractivity contribution in [2.45, 2.75) is 59.0 Å². The van der Waals surface area contributed by atoms with Crippen LogP contribution in [0.5, 0.6) is 11.5 Å². The van der Waals surface area contributed by atoms with Crippen molar-refractivity contribution in [3.63, 3.8) is 0 Å². The molecule has 0 fully saturated rings. The Kier molecular flexibility index (Phi) is 10.6. The van der Waals surface area contributed by atoms with Gasteiger partial charge in [0.05, 0.1) is 13.7 Å². The summed E-state index contributed by atoms with van der Waals surface area (Å²) < 4.78 is 10.9. The van der Waals surface area contributed by atoms with E-state index in [0.29, 0.717) is 39.0 Å². The molecule has 0 aromatic heterocycles. The number of carbonyl (C=O) groups is 2. The van der Waals surface area contributed by atoms with E-state index in [1.54, 1.807) is 12.0 Å². The SMILES string of the molecule is CCCNC(=O)[C@@H](CC)N(Cc1ccc(C)cc1)C(=O)CCCOc1ccc(OC)cc1. The Balaban J connectivity index is 2.01. The number of methoxy groups -OCH3 is 1. The number of amides is 2. The second kappa shape index (κ2) is 13.4. The van der Waals surface area contributed by atoms with Crippen LogP contribution in [0.25, 0.3) is 0 Å². The summed E-state index contributed by atoms with van der Waals surface area (Å²) in [6.07, 6.45) is 2.31. The molecule has 0 aliphatic rings. The minimum absolute atomic E-state index is 0.0394. The van der Waals surface area contributed by atoms with Crippen LogP contribution >= 0.6 is 0 Å². The van der Waals surface area contributed by atoms with Gasteiger partial charge in [0, 0.05) is 19.5 Å². The molecule has 1 N–H and O–H groups in total. The lowest BCUT2D eigenvalue weighted by molar-refractivity contribution is -0.141. The first-order valence-corrected chi connectivity index (χ1v) is 11.4. The van der Waals surface area contributed by atoms with Crippen molar-refractivity contribution in [1.82, 2.24) is 10.2 Å². The fourth-order valence-corrected chi connectivity index (χ4v) is 3.40. The second-order valence-corrected chi connectivity index (χ2v) is 7.85. The Morgan fingerprint density at radius 1 is 1.00 bits per heavy atom.